The molecular formula is C21H26N2O3. The number of aryl methyl sites for hydroxylation is 1. The Balaban J connectivity index is 1.69. The van der Waals surface area contributed by atoms with Gasteiger partial charge in [0.2, 0.25) is 0 Å². The zero-order valence-corrected chi connectivity index (χ0v) is 15.5. The number of hydrogen-bond acceptors (Lipinski definition) is 3. The molecule has 0 bridgehead atoms. The lowest BCUT2D eigenvalue weighted by Gasteiger charge is -2.26. The third-order valence-corrected chi connectivity index (χ3v) is 4.77. The van der Waals surface area contributed by atoms with Gasteiger partial charge in [-0.3, -0.25) is 0 Å². The highest BCUT2D eigenvalue weighted by Crippen LogP contribution is 2.30. The number of nitrogens with zero attached hydrogens (tertiary/aromatic N) is 1. The van der Waals surface area contributed by atoms with Gasteiger partial charge in [0.05, 0.1) is 13.2 Å². The van der Waals surface area contributed by atoms with Crippen LogP contribution in [0.1, 0.15) is 42.5 Å². The third kappa shape index (κ3) is 4.28. The summed E-state index contributed by atoms with van der Waals surface area (Å²) in [7, 11) is 1.65. The number of ether oxygens (including phenoxy) is 1. The predicted molar refractivity (Wildman–Crippen MR) is 101 cm³/mol. The van der Waals surface area contributed by atoms with E-state index in [1.54, 1.807) is 25.3 Å². The zero-order valence-electron chi connectivity index (χ0n) is 15.5. The highest BCUT2D eigenvalue weighted by atomic mass is 16.5. The molecule has 0 spiro atoms. The number of urea groups is 1. The van der Waals surface area contributed by atoms with Crippen molar-refractivity contribution in [2.45, 2.75) is 45.3 Å². The van der Waals surface area contributed by atoms with Crippen molar-refractivity contribution in [2.75, 3.05) is 7.11 Å². The number of methoxy groups -OCH3 is 1. The predicted octanol–water partition coefficient (Wildman–Crippen LogP) is 4.14. The van der Waals surface area contributed by atoms with Crippen LogP contribution in [0.25, 0.3) is 0 Å². The molecule has 1 aliphatic carbocycles. The van der Waals surface area contributed by atoms with Gasteiger partial charge in [-0.2, -0.15) is 0 Å². The number of phenols is 1. The smallest absolute Gasteiger partial charge is 0.318 e. The Kier molecular flexibility index (Phi) is 5.35. The Morgan fingerprint density at radius 3 is 2.69 bits per heavy atom. The average Bonchev–Trinajstić information content (AvgIpc) is 3.44. The molecule has 2 amide bonds. The lowest BCUT2D eigenvalue weighted by molar-refractivity contribution is 0.188. The van der Waals surface area contributed by atoms with E-state index in [1.807, 2.05) is 43.0 Å². The molecule has 1 fully saturated rings. The second kappa shape index (κ2) is 7.68. The van der Waals surface area contributed by atoms with E-state index in [0.717, 1.165) is 35.3 Å². The fourth-order valence-corrected chi connectivity index (χ4v) is 3.13. The first kappa shape index (κ1) is 18.1. The normalized spacial score (nSPS) is 14.6. The fraction of sp³-hybridized carbons (Fsp3) is 0.381. The summed E-state index contributed by atoms with van der Waals surface area (Å²) in [5.74, 6) is 1.07. The molecule has 138 valence electrons. The molecule has 0 saturated heterocycles. The minimum atomic E-state index is -0.0995. The molecule has 1 atom stereocenters. The van der Waals surface area contributed by atoms with Crippen LogP contribution in [0.2, 0.25) is 0 Å². The van der Waals surface area contributed by atoms with Gasteiger partial charge in [-0.25, -0.2) is 4.79 Å². The summed E-state index contributed by atoms with van der Waals surface area (Å²) in [5, 5.41) is 12.8. The van der Waals surface area contributed by atoms with Crippen LogP contribution in [0, 0.1) is 6.92 Å². The summed E-state index contributed by atoms with van der Waals surface area (Å²) in [5.41, 5.74) is 3.02. The summed E-state index contributed by atoms with van der Waals surface area (Å²) in [6.07, 6.45) is 2.06. The van der Waals surface area contributed by atoms with E-state index < -0.39 is 0 Å². The van der Waals surface area contributed by atoms with Gasteiger partial charge in [0.15, 0.2) is 0 Å². The van der Waals surface area contributed by atoms with Crippen molar-refractivity contribution in [3.63, 3.8) is 0 Å². The minimum Gasteiger partial charge on any atom is -0.508 e. The molecule has 0 heterocycles. The number of phenolic OH excluding ortho intramolecular Hbond substituents is 1. The van der Waals surface area contributed by atoms with E-state index in [2.05, 4.69) is 5.32 Å². The fourth-order valence-electron chi connectivity index (χ4n) is 3.13. The Labute approximate surface area is 154 Å². The third-order valence-electron chi connectivity index (χ3n) is 4.77. The van der Waals surface area contributed by atoms with Crippen molar-refractivity contribution in [3.05, 3.63) is 59.2 Å². The van der Waals surface area contributed by atoms with Crippen LogP contribution < -0.4 is 10.1 Å². The van der Waals surface area contributed by atoms with Crippen molar-refractivity contribution in [1.82, 2.24) is 10.2 Å². The maximum atomic E-state index is 12.8. The summed E-state index contributed by atoms with van der Waals surface area (Å²) in [6.45, 7) is 4.48. The quantitative estimate of drug-likeness (QED) is 0.819. The largest absolute Gasteiger partial charge is 0.508 e. The Hall–Kier alpha value is -2.69. The number of nitrogens with one attached hydrogen (secondary N) is 1. The van der Waals surface area contributed by atoms with Gasteiger partial charge < -0.3 is 20.1 Å². The summed E-state index contributed by atoms with van der Waals surface area (Å²) >= 11 is 0. The van der Waals surface area contributed by atoms with Gasteiger partial charge >= 0.3 is 6.03 Å². The van der Waals surface area contributed by atoms with Gasteiger partial charge in [0.25, 0.3) is 0 Å². The first-order valence-electron chi connectivity index (χ1n) is 8.97. The Bertz CT molecular complexity index is 787. The second-order valence-electron chi connectivity index (χ2n) is 6.93. The van der Waals surface area contributed by atoms with E-state index >= 15 is 0 Å². The first-order chi connectivity index (χ1) is 12.5. The molecule has 3 rings (SSSR count). The van der Waals surface area contributed by atoms with E-state index in [0.29, 0.717) is 6.54 Å². The van der Waals surface area contributed by atoms with E-state index in [1.165, 1.54) is 0 Å². The molecular weight excluding hydrogens is 328 g/mol. The maximum absolute atomic E-state index is 12.8. The number of amides is 2. The number of carbonyl (C=O) groups excluding carboxylic acids is 1. The van der Waals surface area contributed by atoms with E-state index in [-0.39, 0.29) is 23.9 Å². The molecule has 5 heteroatoms. The topological polar surface area (TPSA) is 61.8 Å². The standard InChI is InChI=1S/C21H26N2O3/c1-14-11-17(7-10-20(14)26-3)15(2)22-21(25)23(18-8-9-18)13-16-5-4-6-19(24)12-16/h4-7,10-12,15,18,24H,8-9,13H2,1-3H3,(H,22,25). The molecule has 1 unspecified atom stereocenters. The van der Waals surface area contributed by atoms with Gasteiger partial charge in [-0.15, -0.1) is 0 Å². The second-order valence-corrected chi connectivity index (χ2v) is 6.93. The van der Waals surface area contributed by atoms with Gasteiger partial charge in [0, 0.05) is 12.6 Å². The minimum absolute atomic E-state index is 0.0724. The van der Waals surface area contributed by atoms with Gasteiger partial charge in [-0.05, 0) is 61.6 Å². The summed E-state index contributed by atoms with van der Waals surface area (Å²) < 4.78 is 5.30. The number of hydrogen-bond donors (Lipinski definition) is 2. The maximum Gasteiger partial charge on any atom is 0.318 e. The van der Waals surface area contributed by atoms with E-state index in [9.17, 15) is 9.90 Å². The van der Waals surface area contributed by atoms with E-state index in [4.69, 9.17) is 4.74 Å². The van der Waals surface area contributed by atoms with Gasteiger partial charge in [-0.1, -0.05) is 24.3 Å². The number of rotatable bonds is 6. The van der Waals surface area contributed by atoms with Crippen molar-refractivity contribution in [2.24, 2.45) is 0 Å². The van der Waals surface area contributed by atoms with Crippen LogP contribution in [-0.4, -0.2) is 29.2 Å². The van der Waals surface area contributed by atoms with Crippen LogP contribution in [0.3, 0.4) is 0 Å². The van der Waals surface area contributed by atoms with Crippen molar-refractivity contribution in [1.29, 1.82) is 0 Å². The molecule has 26 heavy (non-hydrogen) atoms. The highest BCUT2D eigenvalue weighted by molar-refractivity contribution is 5.75. The van der Waals surface area contributed by atoms with Crippen LogP contribution in [0.4, 0.5) is 4.79 Å². The molecule has 0 aromatic heterocycles. The molecule has 2 N–H and O–H groups in total. The molecule has 0 radical (unpaired) electrons. The van der Waals surface area contributed by atoms with Crippen LogP contribution >= 0.6 is 0 Å². The van der Waals surface area contributed by atoms with Crippen LogP contribution in [0.5, 0.6) is 11.5 Å². The molecule has 5 nitrogen and oxygen atoms in total. The van der Waals surface area contributed by atoms with Crippen LogP contribution in [0.15, 0.2) is 42.5 Å². The highest BCUT2D eigenvalue weighted by Gasteiger charge is 2.33. The molecule has 2 aromatic carbocycles. The average molecular weight is 354 g/mol. The SMILES string of the molecule is COc1ccc(C(C)NC(=O)N(Cc2cccc(O)c2)C2CC2)cc1C. The van der Waals surface area contributed by atoms with Crippen molar-refractivity contribution in [3.8, 4) is 11.5 Å². The lowest BCUT2D eigenvalue weighted by Crippen LogP contribution is -2.41. The Morgan fingerprint density at radius 2 is 2.08 bits per heavy atom. The molecule has 1 aliphatic rings. The molecule has 0 aliphatic heterocycles. The van der Waals surface area contributed by atoms with Crippen molar-refractivity contribution >= 4 is 6.03 Å². The monoisotopic (exact) mass is 354 g/mol. The van der Waals surface area contributed by atoms with Gasteiger partial charge in [0.1, 0.15) is 11.5 Å². The Morgan fingerprint density at radius 1 is 1.31 bits per heavy atom. The van der Waals surface area contributed by atoms with Crippen molar-refractivity contribution < 1.29 is 14.6 Å². The molecule has 2 aromatic rings. The number of benzene rings is 2. The van der Waals surface area contributed by atoms with Crippen LogP contribution in [-0.2, 0) is 6.54 Å². The summed E-state index contributed by atoms with van der Waals surface area (Å²) in [6, 6.07) is 13.1. The lowest BCUT2D eigenvalue weighted by atomic mass is 10.1. The molecule has 1 saturated carbocycles. The first-order valence-corrected chi connectivity index (χ1v) is 8.97. The number of carbonyl (C=O) groups is 1. The zero-order chi connectivity index (χ0) is 18.7. The summed E-state index contributed by atoms with van der Waals surface area (Å²) in [4.78, 5) is 14.7. The number of aromatic hydroxyl groups is 1.